The van der Waals surface area contributed by atoms with E-state index in [1.54, 1.807) is 13.0 Å². The Morgan fingerprint density at radius 2 is 1.79 bits per heavy atom. The number of aromatic nitrogens is 2. The maximum atomic E-state index is 5.85. The first-order chi connectivity index (χ1) is 8.99. The van der Waals surface area contributed by atoms with Crippen LogP contribution in [0.25, 0.3) is 0 Å². The predicted molar refractivity (Wildman–Crippen MR) is 75.3 cm³/mol. The molecule has 0 aliphatic carbocycles. The zero-order chi connectivity index (χ0) is 14.0. The summed E-state index contributed by atoms with van der Waals surface area (Å²) in [5.74, 6) is 7.78. The van der Waals surface area contributed by atoms with Crippen LogP contribution in [0.15, 0.2) is 18.2 Å². The van der Waals surface area contributed by atoms with Crippen molar-refractivity contribution in [1.29, 1.82) is 0 Å². The number of aryl methyl sites for hydroxylation is 3. The number of hydrogen-bond donors (Lipinski definition) is 2. The van der Waals surface area contributed by atoms with Crippen LogP contribution in [0.3, 0.4) is 0 Å². The molecular weight excluding hydrogens is 240 g/mol. The molecule has 1 aromatic heterocycles. The monoisotopic (exact) mass is 258 g/mol. The highest BCUT2D eigenvalue weighted by Gasteiger charge is 2.08. The molecule has 2 rings (SSSR count). The topological polar surface area (TPSA) is 73.1 Å². The number of nitrogen functional groups attached to an aromatic ring is 1. The Balaban J connectivity index is 2.38. The number of anilines is 1. The standard InChI is InChI=1S/C14H18N4O/c1-8-5-9(2)10(3)12(6-8)19-14-7-13(18-15)16-11(4)17-14/h5-7H,15H2,1-4H3,(H,16,17,18). The van der Waals surface area contributed by atoms with Crippen LogP contribution >= 0.6 is 0 Å². The third-order valence-electron chi connectivity index (χ3n) is 2.94. The van der Waals surface area contributed by atoms with Gasteiger partial charge in [0.15, 0.2) is 0 Å². The van der Waals surface area contributed by atoms with Crippen LogP contribution in [-0.2, 0) is 0 Å². The maximum Gasteiger partial charge on any atom is 0.224 e. The van der Waals surface area contributed by atoms with Crippen LogP contribution in [0, 0.1) is 27.7 Å². The van der Waals surface area contributed by atoms with Gasteiger partial charge in [-0.3, -0.25) is 0 Å². The molecule has 0 aliphatic rings. The highest BCUT2D eigenvalue weighted by Crippen LogP contribution is 2.28. The number of nitrogens with zero attached hydrogens (tertiary/aromatic N) is 2. The molecule has 0 bridgehead atoms. The van der Waals surface area contributed by atoms with Crippen LogP contribution in [-0.4, -0.2) is 9.97 Å². The van der Waals surface area contributed by atoms with Gasteiger partial charge < -0.3 is 10.2 Å². The highest BCUT2D eigenvalue weighted by atomic mass is 16.5. The second-order valence-corrected chi connectivity index (χ2v) is 4.59. The molecule has 19 heavy (non-hydrogen) atoms. The SMILES string of the molecule is Cc1cc(C)c(C)c(Oc2cc(NN)nc(C)n2)c1. The number of nitrogens with one attached hydrogen (secondary N) is 1. The van der Waals surface area contributed by atoms with E-state index in [1.165, 1.54) is 5.56 Å². The molecule has 1 aromatic carbocycles. The van der Waals surface area contributed by atoms with Crippen LogP contribution in [0.1, 0.15) is 22.5 Å². The number of nitrogens with two attached hydrogens (primary N) is 1. The molecule has 0 atom stereocenters. The molecular formula is C14H18N4O. The van der Waals surface area contributed by atoms with Gasteiger partial charge in [0.2, 0.25) is 5.88 Å². The van der Waals surface area contributed by atoms with E-state index in [9.17, 15) is 0 Å². The fourth-order valence-electron chi connectivity index (χ4n) is 1.89. The summed E-state index contributed by atoms with van der Waals surface area (Å²) in [6.45, 7) is 7.92. The summed E-state index contributed by atoms with van der Waals surface area (Å²) < 4.78 is 5.85. The van der Waals surface area contributed by atoms with Crippen molar-refractivity contribution >= 4 is 5.82 Å². The molecule has 0 spiro atoms. The predicted octanol–water partition coefficient (Wildman–Crippen LogP) is 2.79. The second kappa shape index (κ2) is 5.24. The van der Waals surface area contributed by atoms with E-state index in [0.717, 1.165) is 16.9 Å². The minimum absolute atomic E-state index is 0.480. The maximum absolute atomic E-state index is 5.85. The lowest BCUT2D eigenvalue weighted by Gasteiger charge is -2.12. The summed E-state index contributed by atoms with van der Waals surface area (Å²) in [5.41, 5.74) is 5.95. The van der Waals surface area contributed by atoms with Crippen LogP contribution < -0.4 is 16.0 Å². The smallest absolute Gasteiger partial charge is 0.224 e. The van der Waals surface area contributed by atoms with Crippen LogP contribution in [0.4, 0.5) is 5.82 Å². The van der Waals surface area contributed by atoms with Gasteiger partial charge in [-0.25, -0.2) is 10.8 Å². The molecule has 0 amide bonds. The van der Waals surface area contributed by atoms with E-state index < -0.39 is 0 Å². The lowest BCUT2D eigenvalue weighted by molar-refractivity contribution is 0.456. The minimum Gasteiger partial charge on any atom is -0.439 e. The third kappa shape index (κ3) is 3.00. The van der Waals surface area contributed by atoms with Crippen molar-refractivity contribution in [3.05, 3.63) is 40.7 Å². The highest BCUT2D eigenvalue weighted by molar-refractivity contribution is 5.45. The molecule has 1 heterocycles. The first kappa shape index (κ1) is 13.3. The molecule has 0 fully saturated rings. The van der Waals surface area contributed by atoms with Crippen molar-refractivity contribution in [2.45, 2.75) is 27.7 Å². The first-order valence-corrected chi connectivity index (χ1v) is 6.07. The number of ether oxygens (including phenoxy) is 1. The quantitative estimate of drug-likeness (QED) is 0.654. The normalized spacial score (nSPS) is 10.4. The molecule has 0 saturated carbocycles. The van der Waals surface area contributed by atoms with Crippen molar-refractivity contribution in [1.82, 2.24) is 9.97 Å². The van der Waals surface area contributed by atoms with Gasteiger partial charge in [0, 0.05) is 6.07 Å². The molecule has 0 radical (unpaired) electrons. The third-order valence-corrected chi connectivity index (χ3v) is 2.94. The lowest BCUT2D eigenvalue weighted by Crippen LogP contribution is -2.10. The molecule has 5 nitrogen and oxygen atoms in total. The average molecular weight is 258 g/mol. The summed E-state index contributed by atoms with van der Waals surface area (Å²) in [4.78, 5) is 8.37. The molecule has 0 unspecified atom stereocenters. The number of hydrazine groups is 1. The zero-order valence-electron chi connectivity index (χ0n) is 11.6. The van der Waals surface area contributed by atoms with Crippen molar-refractivity contribution in [2.24, 2.45) is 5.84 Å². The lowest BCUT2D eigenvalue weighted by atomic mass is 10.1. The van der Waals surface area contributed by atoms with Gasteiger partial charge in [-0.05, 0) is 50.5 Å². The fraction of sp³-hybridized carbons (Fsp3) is 0.286. The van der Waals surface area contributed by atoms with Crippen molar-refractivity contribution < 1.29 is 4.74 Å². The van der Waals surface area contributed by atoms with Gasteiger partial charge in [0.05, 0.1) is 0 Å². The molecule has 0 saturated heterocycles. The van der Waals surface area contributed by atoms with Crippen molar-refractivity contribution in [3.8, 4) is 11.6 Å². The summed E-state index contributed by atoms with van der Waals surface area (Å²) >= 11 is 0. The molecule has 0 aliphatic heterocycles. The Labute approximate surface area is 112 Å². The second-order valence-electron chi connectivity index (χ2n) is 4.59. The first-order valence-electron chi connectivity index (χ1n) is 6.07. The van der Waals surface area contributed by atoms with Gasteiger partial charge in [-0.2, -0.15) is 4.98 Å². The largest absolute Gasteiger partial charge is 0.439 e. The van der Waals surface area contributed by atoms with Crippen molar-refractivity contribution in [2.75, 3.05) is 5.43 Å². The van der Waals surface area contributed by atoms with E-state index in [2.05, 4.69) is 28.4 Å². The number of benzene rings is 1. The van der Waals surface area contributed by atoms with Crippen LogP contribution in [0.2, 0.25) is 0 Å². The van der Waals surface area contributed by atoms with E-state index in [4.69, 9.17) is 10.6 Å². The summed E-state index contributed by atoms with van der Waals surface area (Å²) in [5, 5.41) is 0. The van der Waals surface area contributed by atoms with Gasteiger partial charge in [0.25, 0.3) is 0 Å². The molecule has 5 heteroatoms. The molecule has 100 valence electrons. The molecule has 2 aromatic rings. The van der Waals surface area contributed by atoms with Gasteiger partial charge >= 0.3 is 0 Å². The van der Waals surface area contributed by atoms with Gasteiger partial charge in [-0.15, -0.1) is 0 Å². The molecule has 3 N–H and O–H groups in total. The fourth-order valence-corrected chi connectivity index (χ4v) is 1.89. The Morgan fingerprint density at radius 3 is 2.47 bits per heavy atom. The Kier molecular flexibility index (Phi) is 3.66. The Morgan fingerprint density at radius 1 is 1.05 bits per heavy atom. The Hall–Kier alpha value is -2.14. The van der Waals surface area contributed by atoms with E-state index >= 15 is 0 Å². The summed E-state index contributed by atoms with van der Waals surface area (Å²) in [6.07, 6.45) is 0. The Bertz CT molecular complexity index is 611. The summed E-state index contributed by atoms with van der Waals surface area (Å²) in [7, 11) is 0. The van der Waals surface area contributed by atoms with Crippen LogP contribution in [0.5, 0.6) is 11.6 Å². The van der Waals surface area contributed by atoms with E-state index in [0.29, 0.717) is 17.5 Å². The average Bonchev–Trinajstić information content (AvgIpc) is 2.34. The van der Waals surface area contributed by atoms with Gasteiger partial charge in [0.1, 0.15) is 17.4 Å². The van der Waals surface area contributed by atoms with Crippen molar-refractivity contribution in [3.63, 3.8) is 0 Å². The summed E-state index contributed by atoms with van der Waals surface area (Å²) in [6, 6.07) is 5.79. The minimum atomic E-state index is 0.480. The number of rotatable bonds is 3. The van der Waals surface area contributed by atoms with E-state index in [1.807, 2.05) is 19.9 Å². The van der Waals surface area contributed by atoms with E-state index in [-0.39, 0.29) is 0 Å². The zero-order valence-corrected chi connectivity index (χ0v) is 11.6. The van der Waals surface area contributed by atoms with Gasteiger partial charge in [-0.1, -0.05) is 6.07 Å². The number of hydrogen-bond acceptors (Lipinski definition) is 5.